The smallest absolute Gasteiger partial charge is 0.326 e. The van der Waals surface area contributed by atoms with Crippen molar-refractivity contribution in [1.82, 2.24) is 25.9 Å². The van der Waals surface area contributed by atoms with Gasteiger partial charge in [0.2, 0.25) is 17.7 Å². The predicted octanol–water partition coefficient (Wildman–Crippen LogP) is -3.20. The molecule has 15 nitrogen and oxygen atoms in total. The van der Waals surface area contributed by atoms with E-state index in [-0.39, 0.29) is 25.7 Å². The first-order valence-corrected chi connectivity index (χ1v) is 11.0. The number of carboxylic acid groups (broad SMARTS) is 2. The number of aliphatic carboxylic acids is 2. The van der Waals surface area contributed by atoms with Crippen LogP contribution >= 0.6 is 0 Å². The number of hydrogen-bond acceptors (Lipinski definition) is 9. The molecule has 0 aliphatic rings. The van der Waals surface area contributed by atoms with Gasteiger partial charge in [0.1, 0.15) is 18.1 Å². The Kier molecular flexibility index (Phi) is 12.9. The Hall–Kier alpha value is -3.56. The molecular formula is C20H33N7O8. The van der Waals surface area contributed by atoms with Crippen molar-refractivity contribution < 1.29 is 39.3 Å². The van der Waals surface area contributed by atoms with E-state index >= 15 is 0 Å². The molecule has 15 heteroatoms. The second-order valence-corrected chi connectivity index (χ2v) is 7.81. The zero-order valence-corrected chi connectivity index (χ0v) is 19.1. The maximum atomic E-state index is 12.9. The van der Waals surface area contributed by atoms with Crippen molar-refractivity contribution in [1.29, 1.82) is 0 Å². The molecule has 0 radical (unpaired) electrons. The zero-order valence-electron chi connectivity index (χ0n) is 19.1. The number of nitrogens with zero attached hydrogens (tertiary/aromatic N) is 1. The number of unbranched alkanes of at least 4 members (excludes halogenated alkanes) is 1. The number of nitrogens with one attached hydrogen (secondary N) is 4. The number of aliphatic hydroxyl groups excluding tert-OH is 1. The Morgan fingerprint density at radius 2 is 1.57 bits per heavy atom. The maximum Gasteiger partial charge on any atom is 0.326 e. The van der Waals surface area contributed by atoms with E-state index in [4.69, 9.17) is 16.6 Å². The molecule has 11 N–H and O–H groups in total. The molecule has 3 amide bonds. The van der Waals surface area contributed by atoms with Gasteiger partial charge in [-0.1, -0.05) is 0 Å². The Labute approximate surface area is 201 Å². The van der Waals surface area contributed by atoms with Crippen LogP contribution in [0.3, 0.4) is 0 Å². The van der Waals surface area contributed by atoms with Crippen LogP contribution in [0, 0.1) is 0 Å². The first-order chi connectivity index (χ1) is 16.6. The van der Waals surface area contributed by atoms with Gasteiger partial charge >= 0.3 is 11.9 Å². The van der Waals surface area contributed by atoms with E-state index in [2.05, 4.69) is 25.9 Å². The normalized spacial score (nSPS) is 14.3. The average Bonchev–Trinajstić information content (AvgIpc) is 3.32. The molecular weight excluding hydrogens is 466 g/mol. The first kappa shape index (κ1) is 29.5. The molecule has 4 atom stereocenters. The molecule has 0 saturated heterocycles. The molecule has 0 aromatic carbocycles. The quantitative estimate of drug-likeness (QED) is 0.0963. The minimum absolute atomic E-state index is 0.0864. The standard InChI is InChI=1S/C20H33N7O8/c21-6-2-1-3-13(20(34)35)25-18(32)14(7-11-8-23-10-24-11)26-19(33)15(9-28)27-17(31)12(22)4-5-16(29)30/h8,10,12-15,28H,1-7,9,21-22H2,(H,23,24)(H,25,32)(H,26,33)(H,27,31)(H,29,30)(H,34,35). The van der Waals surface area contributed by atoms with E-state index in [9.17, 15) is 34.2 Å². The lowest BCUT2D eigenvalue weighted by Crippen LogP contribution is -2.58. The molecule has 0 bridgehead atoms. The highest BCUT2D eigenvalue weighted by Gasteiger charge is 2.30. The van der Waals surface area contributed by atoms with Crippen LogP contribution in [0.15, 0.2) is 12.5 Å². The summed E-state index contributed by atoms with van der Waals surface area (Å²) in [6.07, 6.45) is 3.29. The number of amides is 3. The van der Waals surface area contributed by atoms with Crippen molar-refractivity contribution in [2.24, 2.45) is 11.5 Å². The largest absolute Gasteiger partial charge is 0.481 e. The number of nitrogens with two attached hydrogens (primary N) is 2. The monoisotopic (exact) mass is 499 g/mol. The number of hydrogen-bond donors (Lipinski definition) is 9. The number of carbonyl (C=O) groups excluding carboxylic acids is 3. The van der Waals surface area contributed by atoms with E-state index < -0.39 is 60.4 Å². The zero-order chi connectivity index (χ0) is 26.4. The number of carbonyl (C=O) groups is 5. The van der Waals surface area contributed by atoms with Crippen molar-refractivity contribution >= 4 is 29.7 Å². The summed E-state index contributed by atoms with van der Waals surface area (Å²) >= 11 is 0. The molecule has 1 rings (SSSR count). The summed E-state index contributed by atoms with van der Waals surface area (Å²) in [5.74, 6) is -4.99. The second kappa shape index (κ2) is 15.4. The Morgan fingerprint density at radius 1 is 0.943 bits per heavy atom. The minimum Gasteiger partial charge on any atom is -0.481 e. The lowest BCUT2D eigenvalue weighted by Gasteiger charge is -2.24. The molecule has 0 aliphatic heterocycles. The van der Waals surface area contributed by atoms with Gasteiger partial charge in [-0.3, -0.25) is 19.2 Å². The van der Waals surface area contributed by atoms with Gasteiger partial charge in [0.25, 0.3) is 0 Å². The van der Waals surface area contributed by atoms with Gasteiger partial charge in [0.15, 0.2) is 0 Å². The lowest BCUT2D eigenvalue weighted by molar-refractivity contribution is -0.142. The second-order valence-electron chi connectivity index (χ2n) is 7.81. The van der Waals surface area contributed by atoms with Gasteiger partial charge in [-0.05, 0) is 32.2 Å². The number of rotatable bonds is 17. The first-order valence-electron chi connectivity index (χ1n) is 11.0. The molecule has 0 saturated carbocycles. The van der Waals surface area contributed by atoms with Crippen molar-refractivity contribution in [2.45, 2.75) is 62.7 Å². The summed E-state index contributed by atoms with van der Waals surface area (Å²) in [5.41, 5.74) is 11.5. The molecule has 0 spiro atoms. The highest BCUT2D eigenvalue weighted by atomic mass is 16.4. The van der Waals surface area contributed by atoms with Gasteiger partial charge in [-0.15, -0.1) is 0 Å². The predicted molar refractivity (Wildman–Crippen MR) is 121 cm³/mol. The van der Waals surface area contributed by atoms with Gasteiger partial charge in [-0.25, -0.2) is 9.78 Å². The Balaban J connectivity index is 2.90. The van der Waals surface area contributed by atoms with Gasteiger partial charge in [0.05, 0.1) is 19.0 Å². The lowest BCUT2D eigenvalue weighted by atomic mass is 10.1. The van der Waals surface area contributed by atoms with E-state index in [1.54, 1.807) is 0 Å². The number of imidazole rings is 1. The Morgan fingerprint density at radius 3 is 2.11 bits per heavy atom. The summed E-state index contributed by atoms with van der Waals surface area (Å²) in [5, 5.41) is 34.7. The summed E-state index contributed by atoms with van der Waals surface area (Å²) in [6.45, 7) is -0.467. The average molecular weight is 500 g/mol. The molecule has 4 unspecified atom stereocenters. The third kappa shape index (κ3) is 10.9. The summed E-state index contributed by atoms with van der Waals surface area (Å²) in [6, 6.07) is -5.21. The van der Waals surface area contributed by atoms with Crippen LogP contribution in [-0.2, 0) is 30.4 Å². The van der Waals surface area contributed by atoms with Crippen LogP contribution in [0.2, 0.25) is 0 Å². The van der Waals surface area contributed by atoms with Crippen LogP contribution in [0.4, 0.5) is 0 Å². The van der Waals surface area contributed by atoms with Crippen molar-refractivity contribution in [3.8, 4) is 0 Å². The molecule has 35 heavy (non-hydrogen) atoms. The van der Waals surface area contributed by atoms with Crippen LogP contribution in [-0.4, -0.2) is 92.3 Å². The van der Waals surface area contributed by atoms with Crippen LogP contribution in [0.5, 0.6) is 0 Å². The van der Waals surface area contributed by atoms with Gasteiger partial charge in [-0.2, -0.15) is 0 Å². The minimum atomic E-state index is -1.49. The van der Waals surface area contributed by atoms with Crippen molar-refractivity contribution in [3.63, 3.8) is 0 Å². The highest BCUT2D eigenvalue weighted by molar-refractivity contribution is 5.94. The summed E-state index contributed by atoms with van der Waals surface area (Å²) < 4.78 is 0. The Bertz CT molecular complexity index is 849. The fraction of sp³-hybridized carbons (Fsp3) is 0.600. The van der Waals surface area contributed by atoms with Crippen LogP contribution < -0.4 is 27.4 Å². The van der Waals surface area contributed by atoms with E-state index in [1.807, 2.05) is 0 Å². The highest BCUT2D eigenvalue weighted by Crippen LogP contribution is 2.05. The molecule has 196 valence electrons. The maximum absolute atomic E-state index is 12.9. The summed E-state index contributed by atoms with van der Waals surface area (Å²) in [4.78, 5) is 66.5. The van der Waals surface area contributed by atoms with E-state index in [0.717, 1.165) is 0 Å². The van der Waals surface area contributed by atoms with Gasteiger partial charge in [0, 0.05) is 24.7 Å². The fourth-order valence-electron chi connectivity index (χ4n) is 3.00. The number of aromatic amines is 1. The number of H-pyrrole nitrogens is 1. The molecule has 1 aromatic heterocycles. The van der Waals surface area contributed by atoms with Crippen LogP contribution in [0.1, 0.15) is 37.8 Å². The van der Waals surface area contributed by atoms with Gasteiger partial charge < -0.3 is 47.7 Å². The third-order valence-corrected chi connectivity index (χ3v) is 4.99. The molecule has 1 heterocycles. The molecule has 0 fully saturated rings. The van der Waals surface area contributed by atoms with E-state index in [1.165, 1.54) is 12.5 Å². The summed E-state index contributed by atoms with van der Waals surface area (Å²) in [7, 11) is 0. The number of carboxylic acids is 2. The van der Waals surface area contributed by atoms with Crippen molar-refractivity contribution in [3.05, 3.63) is 18.2 Å². The number of aliphatic hydroxyl groups is 1. The SMILES string of the molecule is NCCCCC(NC(=O)C(Cc1cnc[nH]1)NC(=O)C(CO)NC(=O)C(N)CCC(=O)O)C(=O)O. The fourth-order valence-corrected chi connectivity index (χ4v) is 3.00. The molecule has 0 aliphatic carbocycles. The third-order valence-electron chi connectivity index (χ3n) is 4.99. The topological polar surface area (TPSA) is 263 Å². The molecule has 1 aromatic rings. The van der Waals surface area contributed by atoms with Crippen LogP contribution in [0.25, 0.3) is 0 Å². The number of aromatic nitrogens is 2. The van der Waals surface area contributed by atoms with E-state index in [0.29, 0.717) is 25.1 Å². The van der Waals surface area contributed by atoms with Crippen molar-refractivity contribution in [2.75, 3.05) is 13.2 Å².